The molecule has 0 aromatic rings. The zero-order valence-electron chi connectivity index (χ0n) is 8.78. The van der Waals surface area contributed by atoms with Gasteiger partial charge in [-0.1, -0.05) is 12.2 Å². The smallest absolute Gasteiger partial charge is 0.222 e. The van der Waals surface area contributed by atoms with Crippen LogP contribution in [0.4, 0.5) is 0 Å². The van der Waals surface area contributed by atoms with Crippen LogP contribution in [0.15, 0.2) is 0 Å². The van der Waals surface area contributed by atoms with E-state index in [2.05, 4.69) is 0 Å². The second-order valence-electron chi connectivity index (χ2n) is 3.02. The molecule has 0 aromatic carbocycles. The number of nitrogens with two attached hydrogens (primary N) is 1. The first kappa shape index (κ1) is 13.3. The first-order valence-electron chi connectivity index (χ1n) is 4.68. The van der Waals surface area contributed by atoms with Gasteiger partial charge in [0.25, 0.3) is 0 Å². The molecule has 5 heteroatoms. The SMILES string of the molecule is CCOCCCC(=O)N(C)CC(N)=S. The highest BCUT2D eigenvalue weighted by Gasteiger charge is 2.08. The lowest BCUT2D eigenvalue weighted by atomic mass is 10.3. The maximum atomic E-state index is 11.4. The van der Waals surface area contributed by atoms with Crippen LogP contribution in [-0.2, 0) is 9.53 Å². The van der Waals surface area contributed by atoms with E-state index in [-0.39, 0.29) is 5.91 Å². The van der Waals surface area contributed by atoms with E-state index in [1.165, 1.54) is 4.90 Å². The van der Waals surface area contributed by atoms with Crippen LogP contribution in [0.3, 0.4) is 0 Å². The Kier molecular flexibility index (Phi) is 7.32. The highest BCUT2D eigenvalue weighted by molar-refractivity contribution is 7.80. The Hall–Kier alpha value is -0.680. The third-order valence-corrected chi connectivity index (χ3v) is 1.83. The molecule has 2 N–H and O–H groups in total. The highest BCUT2D eigenvalue weighted by atomic mass is 32.1. The molecule has 0 atom stereocenters. The van der Waals surface area contributed by atoms with Crippen molar-refractivity contribution in [2.45, 2.75) is 19.8 Å². The minimum atomic E-state index is 0.0532. The lowest BCUT2D eigenvalue weighted by Gasteiger charge is -2.15. The second-order valence-corrected chi connectivity index (χ2v) is 3.54. The van der Waals surface area contributed by atoms with E-state index in [0.717, 1.165) is 6.42 Å². The van der Waals surface area contributed by atoms with E-state index >= 15 is 0 Å². The molecule has 0 fully saturated rings. The van der Waals surface area contributed by atoms with Crippen molar-refractivity contribution in [3.8, 4) is 0 Å². The summed E-state index contributed by atoms with van der Waals surface area (Å²) < 4.78 is 5.12. The fourth-order valence-electron chi connectivity index (χ4n) is 0.983. The number of thiocarbonyl (C=S) groups is 1. The van der Waals surface area contributed by atoms with Gasteiger partial charge in [0.1, 0.15) is 0 Å². The van der Waals surface area contributed by atoms with Gasteiger partial charge in [-0.25, -0.2) is 0 Å². The van der Waals surface area contributed by atoms with Crippen molar-refractivity contribution >= 4 is 23.1 Å². The standard InChI is InChI=1S/C9H18N2O2S/c1-3-13-6-4-5-9(12)11(2)7-8(10)14/h3-7H2,1-2H3,(H2,10,14). The Labute approximate surface area is 90.4 Å². The van der Waals surface area contributed by atoms with Crippen LogP contribution < -0.4 is 5.73 Å². The van der Waals surface area contributed by atoms with Crippen LogP contribution in [0.2, 0.25) is 0 Å². The first-order chi connectivity index (χ1) is 6.57. The lowest BCUT2D eigenvalue weighted by molar-refractivity contribution is -0.129. The van der Waals surface area contributed by atoms with Crippen LogP contribution in [0.1, 0.15) is 19.8 Å². The first-order valence-corrected chi connectivity index (χ1v) is 5.08. The fourth-order valence-corrected chi connectivity index (χ4v) is 1.18. The van der Waals surface area contributed by atoms with Gasteiger partial charge >= 0.3 is 0 Å². The number of nitrogens with zero attached hydrogens (tertiary/aromatic N) is 1. The minimum Gasteiger partial charge on any atom is -0.392 e. The summed E-state index contributed by atoms with van der Waals surface area (Å²) >= 11 is 4.70. The van der Waals surface area contributed by atoms with Crippen molar-refractivity contribution in [1.29, 1.82) is 0 Å². The molecular formula is C9H18N2O2S. The van der Waals surface area contributed by atoms with Gasteiger partial charge in [0.15, 0.2) is 0 Å². The van der Waals surface area contributed by atoms with E-state index in [0.29, 0.717) is 31.2 Å². The number of hydrogen-bond donors (Lipinski definition) is 1. The molecule has 0 bridgehead atoms. The van der Waals surface area contributed by atoms with E-state index in [1.807, 2.05) is 6.92 Å². The third kappa shape index (κ3) is 6.80. The van der Waals surface area contributed by atoms with Crippen LogP contribution in [-0.4, -0.2) is 42.6 Å². The van der Waals surface area contributed by atoms with Gasteiger partial charge in [-0.15, -0.1) is 0 Å². The molecule has 14 heavy (non-hydrogen) atoms. The zero-order chi connectivity index (χ0) is 11.0. The molecule has 0 radical (unpaired) electrons. The largest absolute Gasteiger partial charge is 0.392 e. The highest BCUT2D eigenvalue weighted by Crippen LogP contribution is 1.96. The number of ether oxygens (including phenoxy) is 1. The summed E-state index contributed by atoms with van der Waals surface area (Å²) in [6.07, 6.45) is 1.23. The van der Waals surface area contributed by atoms with Gasteiger partial charge in [0.2, 0.25) is 5.91 Å². The number of hydrogen-bond acceptors (Lipinski definition) is 3. The molecule has 82 valence electrons. The van der Waals surface area contributed by atoms with Crippen molar-refractivity contribution < 1.29 is 9.53 Å². The van der Waals surface area contributed by atoms with Crippen molar-refractivity contribution in [3.63, 3.8) is 0 Å². The summed E-state index contributed by atoms with van der Waals surface area (Å²) in [5, 5.41) is 0. The molecule has 0 unspecified atom stereocenters. The summed E-state index contributed by atoms with van der Waals surface area (Å²) in [7, 11) is 1.70. The molecular weight excluding hydrogens is 200 g/mol. The molecule has 0 spiro atoms. The van der Waals surface area contributed by atoms with Crippen molar-refractivity contribution in [3.05, 3.63) is 0 Å². The minimum absolute atomic E-state index is 0.0532. The molecule has 0 saturated heterocycles. The summed E-state index contributed by atoms with van der Waals surface area (Å²) in [6, 6.07) is 0. The number of amides is 1. The van der Waals surface area contributed by atoms with Crippen LogP contribution in [0, 0.1) is 0 Å². The third-order valence-electron chi connectivity index (χ3n) is 1.70. The number of likely N-dealkylation sites (N-methyl/N-ethyl adjacent to an activating group) is 1. The van der Waals surface area contributed by atoms with E-state index < -0.39 is 0 Å². The van der Waals surface area contributed by atoms with Gasteiger partial charge in [0.05, 0.1) is 11.5 Å². The molecule has 0 aliphatic carbocycles. The van der Waals surface area contributed by atoms with Crippen molar-refractivity contribution in [1.82, 2.24) is 4.90 Å². The predicted octanol–water partition coefficient (Wildman–Crippen LogP) is 0.548. The average molecular weight is 218 g/mol. The van der Waals surface area contributed by atoms with Crippen molar-refractivity contribution in [2.24, 2.45) is 5.73 Å². The van der Waals surface area contributed by atoms with Gasteiger partial charge in [0, 0.05) is 26.7 Å². The average Bonchev–Trinajstić information content (AvgIpc) is 2.11. The summed E-state index contributed by atoms with van der Waals surface area (Å²) in [6.45, 7) is 3.60. The van der Waals surface area contributed by atoms with Crippen LogP contribution in [0.25, 0.3) is 0 Å². The van der Waals surface area contributed by atoms with Gasteiger partial charge in [-0.05, 0) is 13.3 Å². The Balaban J connectivity index is 3.57. The molecule has 0 saturated carbocycles. The normalized spacial score (nSPS) is 9.86. The zero-order valence-corrected chi connectivity index (χ0v) is 9.60. The topological polar surface area (TPSA) is 55.6 Å². The molecule has 0 rings (SSSR count). The Morgan fingerprint density at radius 2 is 2.21 bits per heavy atom. The number of carbonyl (C=O) groups is 1. The molecule has 0 aliphatic rings. The molecule has 0 aliphatic heterocycles. The van der Waals surface area contributed by atoms with Gasteiger partial charge in [-0.2, -0.15) is 0 Å². The maximum absolute atomic E-state index is 11.4. The fraction of sp³-hybridized carbons (Fsp3) is 0.778. The van der Waals surface area contributed by atoms with Gasteiger partial charge < -0.3 is 15.4 Å². The summed E-state index contributed by atoms with van der Waals surface area (Å²) in [5.41, 5.74) is 5.32. The lowest BCUT2D eigenvalue weighted by Crippen LogP contribution is -2.34. The Morgan fingerprint density at radius 1 is 1.57 bits per heavy atom. The number of rotatable bonds is 7. The summed E-state index contributed by atoms with van der Waals surface area (Å²) in [4.78, 5) is 13.3. The Morgan fingerprint density at radius 3 is 2.71 bits per heavy atom. The van der Waals surface area contributed by atoms with E-state index in [4.69, 9.17) is 22.7 Å². The predicted molar refractivity (Wildman–Crippen MR) is 60.1 cm³/mol. The molecule has 1 amide bonds. The molecule has 0 aromatic heterocycles. The summed E-state index contributed by atoms with van der Waals surface area (Å²) in [5.74, 6) is 0.0532. The molecule has 0 heterocycles. The second kappa shape index (κ2) is 7.70. The van der Waals surface area contributed by atoms with E-state index in [1.54, 1.807) is 7.05 Å². The van der Waals surface area contributed by atoms with E-state index in [9.17, 15) is 4.79 Å². The monoisotopic (exact) mass is 218 g/mol. The maximum Gasteiger partial charge on any atom is 0.222 e. The number of carbonyl (C=O) groups excluding carboxylic acids is 1. The van der Waals surface area contributed by atoms with Gasteiger partial charge in [-0.3, -0.25) is 4.79 Å². The van der Waals surface area contributed by atoms with Crippen LogP contribution in [0.5, 0.6) is 0 Å². The van der Waals surface area contributed by atoms with Crippen molar-refractivity contribution in [2.75, 3.05) is 26.8 Å². The molecule has 4 nitrogen and oxygen atoms in total. The van der Waals surface area contributed by atoms with Crippen LogP contribution >= 0.6 is 12.2 Å². The Bertz CT molecular complexity index is 197. The quantitative estimate of drug-likeness (QED) is 0.501.